The molecule has 1 aliphatic carbocycles. The fourth-order valence-electron chi connectivity index (χ4n) is 3.26. The molecule has 0 aliphatic heterocycles. The van der Waals surface area contributed by atoms with Crippen LogP contribution in [-0.2, 0) is 18.3 Å². The molecule has 3 rings (SSSR count). The largest absolute Gasteiger partial charge is 0.309 e. The SMILES string of the molecule is CCN(C(=O)[C@H]1CCCc2nn(C)cc21)c1ccc(Cl)cc1F. The summed E-state index contributed by atoms with van der Waals surface area (Å²) >= 11 is 5.81. The van der Waals surface area contributed by atoms with Gasteiger partial charge in [-0.15, -0.1) is 0 Å². The molecule has 0 fully saturated rings. The maximum Gasteiger partial charge on any atom is 0.234 e. The van der Waals surface area contributed by atoms with Gasteiger partial charge in [0, 0.05) is 30.4 Å². The van der Waals surface area contributed by atoms with Gasteiger partial charge in [-0.1, -0.05) is 11.6 Å². The summed E-state index contributed by atoms with van der Waals surface area (Å²) in [6, 6.07) is 4.40. The fourth-order valence-corrected chi connectivity index (χ4v) is 3.42. The van der Waals surface area contributed by atoms with Gasteiger partial charge in [-0.05, 0) is 44.4 Å². The number of carbonyl (C=O) groups excluding carboxylic acids is 1. The lowest BCUT2D eigenvalue weighted by molar-refractivity contribution is -0.120. The van der Waals surface area contributed by atoms with Crippen LogP contribution in [0.15, 0.2) is 24.4 Å². The summed E-state index contributed by atoms with van der Waals surface area (Å²) in [7, 11) is 1.86. The van der Waals surface area contributed by atoms with Crippen molar-refractivity contribution in [2.45, 2.75) is 32.1 Å². The van der Waals surface area contributed by atoms with Crippen molar-refractivity contribution in [3.8, 4) is 0 Å². The van der Waals surface area contributed by atoms with Gasteiger partial charge >= 0.3 is 0 Å². The molecule has 0 spiro atoms. The topological polar surface area (TPSA) is 38.1 Å². The number of fused-ring (bicyclic) bond motifs is 1. The summed E-state index contributed by atoms with van der Waals surface area (Å²) in [5.74, 6) is -0.819. The van der Waals surface area contributed by atoms with Gasteiger partial charge in [-0.25, -0.2) is 4.39 Å². The lowest BCUT2D eigenvalue weighted by Crippen LogP contribution is -2.36. The minimum Gasteiger partial charge on any atom is -0.309 e. The number of aromatic nitrogens is 2. The highest BCUT2D eigenvalue weighted by atomic mass is 35.5. The Labute approximate surface area is 139 Å². The zero-order valence-electron chi connectivity index (χ0n) is 13.2. The van der Waals surface area contributed by atoms with Crippen LogP contribution in [0.4, 0.5) is 10.1 Å². The molecule has 0 unspecified atom stereocenters. The third-order valence-corrected chi connectivity index (χ3v) is 4.54. The van der Waals surface area contributed by atoms with Crippen LogP contribution in [0.3, 0.4) is 0 Å². The van der Waals surface area contributed by atoms with Crippen LogP contribution in [0, 0.1) is 5.82 Å². The van der Waals surface area contributed by atoms with E-state index in [0.717, 1.165) is 30.5 Å². The zero-order chi connectivity index (χ0) is 16.6. The lowest BCUT2D eigenvalue weighted by atomic mass is 9.86. The standard InChI is InChI=1S/C17H19ClFN3O/c1-3-22(16-8-7-11(18)9-14(16)19)17(23)12-5-4-6-15-13(12)10-21(2)20-15/h7-10,12H,3-6H2,1-2H3/t12-/m0/s1. The summed E-state index contributed by atoms with van der Waals surface area (Å²) in [4.78, 5) is 14.5. The number of benzene rings is 1. The molecule has 1 aromatic heterocycles. The summed E-state index contributed by atoms with van der Waals surface area (Å²) in [6.45, 7) is 2.25. The number of amides is 1. The van der Waals surface area contributed by atoms with Gasteiger partial charge in [0.1, 0.15) is 5.82 Å². The number of rotatable bonds is 3. The number of hydrogen-bond acceptors (Lipinski definition) is 2. The number of anilines is 1. The molecule has 4 nitrogen and oxygen atoms in total. The molecule has 1 aromatic carbocycles. The van der Waals surface area contributed by atoms with Gasteiger partial charge in [-0.3, -0.25) is 9.48 Å². The van der Waals surface area contributed by atoms with E-state index in [-0.39, 0.29) is 17.5 Å². The molecule has 1 aliphatic rings. The van der Waals surface area contributed by atoms with E-state index in [1.807, 2.05) is 20.2 Å². The number of aryl methyl sites for hydroxylation is 2. The molecule has 1 amide bonds. The Morgan fingerprint density at radius 2 is 2.30 bits per heavy atom. The third-order valence-electron chi connectivity index (χ3n) is 4.30. The monoisotopic (exact) mass is 335 g/mol. The Kier molecular flexibility index (Phi) is 4.39. The van der Waals surface area contributed by atoms with Crippen LogP contribution < -0.4 is 4.90 Å². The molecule has 122 valence electrons. The van der Waals surface area contributed by atoms with Gasteiger partial charge in [0.05, 0.1) is 17.3 Å². The highest BCUT2D eigenvalue weighted by molar-refractivity contribution is 6.30. The molecule has 1 heterocycles. The van der Waals surface area contributed by atoms with Gasteiger partial charge < -0.3 is 4.90 Å². The molecule has 2 aromatic rings. The van der Waals surface area contributed by atoms with E-state index < -0.39 is 5.82 Å². The minimum atomic E-state index is -0.477. The number of likely N-dealkylation sites (N-methyl/N-ethyl adjacent to an activating group) is 1. The second-order valence-corrected chi connectivity index (χ2v) is 6.26. The predicted molar refractivity (Wildman–Crippen MR) is 88.3 cm³/mol. The number of carbonyl (C=O) groups is 1. The van der Waals surface area contributed by atoms with Crippen LogP contribution in [0.2, 0.25) is 5.02 Å². The maximum atomic E-state index is 14.2. The van der Waals surface area contributed by atoms with E-state index in [1.165, 1.54) is 11.0 Å². The number of nitrogens with zero attached hydrogens (tertiary/aromatic N) is 3. The Morgan fingerprint density at radius 1 is 1.52 bits per heavy atom. The first-order valence-electron chi connectivity index (χ1n) is 7.80. The maximum absolute atomic E-state index is 14.2. The Hall–Kier alpha value is -1.88. The van der Waals surface area contributed by atoms with E-state index in [0.29, 0.717) is 11.6 Å². The third kappa shape index (κ3) is 2.98. The van der Waals surface area contributed by atoms with E-state index in [9.17, 15) is 9.18 Å². The molecule has 23 heavy (non-hydrogen) atoms. The van der Waals surface area contributed by atoms with Gasteiger partial charge in [0.2, 0.25) is 5.91 Å². The Morgan fingerprint density at radius 3 is 3.00 bits per heavy atom. The number of hydrogen-bond donors (Lipinski definition) is 0. The van der Waals surface area contributed by atoms with Crippen LogP contribution >= 0.6 is 11.6 Å². The van der Waals surface area contributed by atoms with Crippen molar-refractivity contribution in [1.29, 1.82) is 0 Å². The first kappa shape index (κ1) is 16.0. The molecule has 0 bridgehead atoms. The molecule has 0 saturated heterocycles. The molecule has 6 heteroatoms. The number of halogens is 2. The molecule has 0 saturated carbocycles. The molecule has 0 radical (unpaired) electrons. The predicted octanol–water partition coefficient (Wildman–Crippen LogP) is 3.69. The molecular formula is C17H19ClFN3O. The average molecular weight is 336 g/mol. The van der Waals surface area contributed by atoms with Crippen LogP contribution in [0.1, 0.15) is 36.9 Å². The van der Waals surface area contributed by atoms with Crippen molar-refractivity contribution in [1.82, 2.24) is 9.78 Å². The van der Waals surface area contributed by atoms with Crippen molar-refractivity contribution in [2.75, 3.05) is 11.4 Å². The van der Waals surface area contributed by atoms with Crippen molar-refractivity contribution >= 4 is 23.2 Å². The average Bonchev–Trinajstić information content (AvgIpc) is 2.89. The minimum absolute atomic E-state index is 0.0809. The van der Waals surface area contributed by atoms with Gasteiger partial charge in [0.25, 0.3) is 0 Å². The van der Waals surface area contributed by atoms with Crippen molar-refractivity contribution < 1.29 is 9.18 Å². The van der Waals surface area contributed by atoms with E-state index >= 15 is 0 Å². The zero-order valence-corrected chi connectivity index (χ0v) is 14.0. The second-order valence-electron chi connectivity index (χ2n) is 5.83. The summed E-state index contributed by atoms with van der Waals surface area (Å²) < 4.78 is 16.0. The van der Waals surface area contributed by atoms with E-state index in [4.69, 9.17) is 11.6 Å². The van der Waals surface area contributed by atoms with Crippen LogP contribution in [0.25, 0.3) is 0 Å². The Bertz CT molecular complexity index is 743. The van der Waals surface area contributed by atoms with Gasteiger partial charge in [-0.2, -0.15) is 5.10 Å². The molecular weight excluding hydrogens is 317 g/mol. The quantitative estimate of drug-likeness (QED) is 0.858. The normalized spacial score (nSPS) is 17.0. The van der Waals surface area contributed by atoms with Gasteiger partial charge in [0.15, 0.2) is 0 Å². The lowest BCUT2D eigenvalue weighted by Gasteiger charge is -2.28. The first-order chi connectivity index (χ1) is 11.0. The summed E-state index contributed by atoms with van der Waals surface area (Å²) in [6.07, 6.45) is 4.48. The molecule has 1 atom stereocenters. The highest BCUT2D eigenvalue weighted by Crippen LogP contribution is 2.34. The van der Waals surface area contributed by atoms with Crippen molar-refractivity contribution in [3.63, 3.8) is 0 Å². The van der Waals surface area contributed by atoms with E-state index in [2.05, 4.69) is 5.10 Å². The smallest absolute Gasteiger partial charge is 0.234 e. The van der Waals surface area contributed by atoms with Crippen LogP contribution in [0.5, 0.6) is 0 Å². The van der Waals surface area contributed by atoms with Crippen LogP contribution in [-0.4, -0.2) is 22.2 Å². The van der Waals surface area contributed by atoms with Crippen molar-refractivity contribution in [3.05, 3.63) is 46.5 Å². The summed E-state index contributed by atoms with van der Waals surface area (Å²) in [5, 5.41) is 4.75. The summed E-state index contributed by atoms with van der Waals surface area (Å²) in [5.41, 5.74) is 2.22. The molecule has 0 N–H and O–H groups in total. The van der Waals surface area contributed by atoms with Crippen molar-refractivity contribution in [2.24, 2.45) is 7.05 Å². The Balaban J connectivity index is 1.95. The second kappa shape index (κ2) is 6.32. The van der Waals surface area contributed by atoms with E-state index in [1.54, 1.807) is 16.8 Å². The first-order valence-corrected chi connectivity index (χ1v) is 8.18. The fraction of sp³-hybridized carbons (Fsp3) is 0.412. The highest BCUT2D eigenvalue weighted by Gasteiger charge is 2.32.